The van der Waals surface area contributed by atoms with Crippen LogP contribution in [-0.2, 0) is 0 Å². The first-order valence-electron chi connectivity index (χ1n) is 6.30. The van der Waals surface area contributed by atoms with Crippen LogP contribution in [0.1, 0.15) is 30.3 Å². The summed E-state index contributed by atoms with van der Waals surface area (Å²) in [6, 6.07) is 16.6. The first kappa shape index (κ1) is 13.6. The van der Waals surface area contributed by atoms with Gasteiger partial charge in [0.05, 0.1) is 6.10 Å². The lowest BCUT2D eigenvalue weighted by molar-refractivity contribution is 0.108. The van der Waals surface area contributed by atoms with Crippen LogP contribution in [-0.4, -0.2) is 16.8 Å². The molecular formula is C16H18O3. The van der Waals surface area contributed by atoms with Gasteiger partial charge in [0.2, 0.25) is 0 Å². The van der Waals surface area contributed by atoms with E-state index in [0.29, 0.717) is 5.75 Å². The smallest absolute Gasteiger partial charge is 0.119 e. The molecular weight excluding hydrogens is 240 g/mol. The largest absolute Gasteiger partial charge is 0.491 e. The molecule has 3 nitrogen and oxygen atoms in total. The summed E-state index contributed by atoms with van der Waals surface area (Å²) in [5.74, 6) is 0.647. The zero-order valence-corrected chi connectivity index (χ0v) is 10.9. The standard InChI is InChI=1S/C16H18O3/c1-12(17)14-8-5-9-15(10-14)19-11-16(18)13-6-3-2-4-7-13/h2-10,12,16-18H,11H2,1H3/t12-,16?/m0/s1. The van der Waals surface area contributed by atoms with Gasteiger partial charge in [-0.2, -0.15) is 0 Å². The van der Waals surface area contributed by atoms with Crippen LogP contribution in [0.2, 0.25) is 0 Å². The van der Waals surface area contributed by atoms with Crippen molar-refractivity contribution in [3.05, 3.63) is 65.7 Å². The van der Waals surface area contributed by atoms with Gasteiger partial charge in [0.25, 0.3) is 0 Å². The molecule has 19 heavy (non-hydrogen) atoms. The van der Waals surface area contributed by atoms with Crippen LogP contribution in [0.15, 0.2) is 54.6 Å². The molecule has 0 aromatic heterocycles. The van der Waals surface area contributed by atoms with Gasteiger partial charge in [-0.25, -0.2) is 0 Å². The summed E-state index contributed by atoms with van der Waals surface area (Å²) in [5, 5.41) is 19.5. The van der Waals surface area contributed by atoms with E-state index in [1.165, 1.54) is 0 Å². The lowest BCUT2D eigenvalue weighted by atomic mass is 10.1. The molecule has 0 fully saturated rings. The van der Waals surface area contributed by atoms with Crippen molar-refractivity contribution in [2.75, 3.05) is 6.61 Å². The molecule has 1 unspecified atom stereocenters. The molecule has 0 bridgehead atoms. The molecule has 2 aromatic rings. The number of aliphatic hydroxyl groups is 2. The van der Waals surface area contributed by atoms with E-state index in [4.69, 9.17) is 4.74 Å². The Balaban J connectivity index is 1.97. The van der Waals surface area contributed by atoms with Gasteiger partial charge in [-0.3, -0.25) is 0 Å². The van der Waals surface area contributed by atoms with E-state index in [-0.39, 0.29) is 6.61 Å². The minimum absolute atomic E-state index is 0.188. The number of hydrogen-bond donors (Lipinski definition) is 2. The molecule has 0 saturated heterocycles. The lowest BCUT2D eigenvalue weighted by Crippen LogP contribution is -2.09. The Bertz CT molecular complexity index is 508. The summed E-state index contributed by atoms with van der Waals surface area (Å²) in [4.78, 5) is 0. The highest BCUT2D eigenvalue weighted by molar-refractivity contribution is 5.29. The van der Waals surface area contributed by atoms with Gasteiger partial charge in [0, 0.05) is 0 Å². The summed E-state index contributed by atoms with van der Waals surface area (Å²) >= 11 is 0. The second-order valence-corrected chi connectivity index (χ2v) is 4.49. The molecule has 3 heteroatoms. The fourth-order valence-corrected chi connectivity index (χ4v) is 1.81. The number of ether oxygens (including phenoxy) is 1. The Morgan fingerprint density at radius 1 is 0.947 bits per heavy atom. The Hall–Kier alpha value is -1.84. The molecule has 0 aliphatic heterocycles. The molecule has 2 rings (SSSR count). The third-order valence-corrected chi connectivity index (χ3v) is 2.93. The van der Waals surface area contributed by atoms with Crippen LogP contribution in [0.5, 0.6) is 5.75 Å². The van der Waals surface area contributed by atoms with Gasteiger partial charge < -0.3 is 14.9 Å². The molecule has 0 heterocycles. The summed E-state index contributed by atoms with van der Waals surface area (Å²) in [5.41, 5.74) is 1.63. The Morgan fingerprint density at radius 3 is 2.32 bits per heavy atom. The van der Waals surface area contributed by atoms with Crippen molar-refractivity contribution >= 4 is 0 Å². The molecule has 2 aromatic carbocycles. The minimum Gasteiger partial charge on any atom is -0.491 e. The van der Waals surface area contributed by atoms with Crippen LogP contribution in [0.3, 0.4) is 0 Å². The Labute approximate surface area is 113 Å². The Morgan fingerprint density at radius 2 is 1.63 bits per heavy atom. The van der Waals surface area contributed by atoms with E-state index in [1.54, 1.807) is 13.0 Å². The summed E-state index contributed by atoms with van der Waals surface area (Å²) < 4.78 is 5.55. The van der Waals surface area contributed by atoms with E-state index >= 15 is 0 Å². The van der Waals surface area contributed by atoms with E-state index in [0.717, 1.165) is 11.1 Å². The van der Waals surface area contributed by atoms with Gasteiger partial charge in [-0.15, -0.1) is 0 Å². The second-order valence-electron chi connectivity index (χ2n) is 4.49. The normalized spacial score (nSPS) is 13.8. The summed E-state index contributed by atoms with van der Waals surface area (Å²) in [6.45, 7) is 1.89. The molecule has 2 N–H and O–H groups in total. The quantitative estimate of drug-likeness (QED) is 0.867. The molecule has 0 aliphatic rings. The van der Waals surface area contributed by atoms with Crippen molar-refractivity contribution in [1.82, 2.24) is 0 Å². The van der Waals surface area contributed by atoms with E-state index in [2.05, 4.69) is 0 Å². The molecule has 2 atom stereocenters. The highest BCUT2D eigenvalue weighted by atomic mass is 16.5. The summed E-state index contributed by atoms with van der Waals surface area (Å²) in [7, 11) is 0. The van der Waals surface area contributed by atoms with E-state index < -0.39 is 12.2 Å². The molecule has 0 saturated carbocycles. The zero-order valence-electron chi connectivity index (χ0n) is 10.9. The summed E-state index contributed by atoms with van der Waals surface area (Å²) in [6.07, 6.45) is -1.18. The van der Waals surface area contributed by atoms with Crippen molar-refractivity contribution in [3.63, 3.8) is 0 Å². The van der Waals surface area contributed by atoms with Gasteiger partial charge in [-0.05, 0) is 30.2 Å². The molecule has 0 aliphatic carbocycles. The molecule has 0 spiro atoms. The van der Waals surface area contributed by atoms with E-state index in [1.807, 2.05) is 48.5 Å². The number of aliphatic hydroxyl groups excluding tert-OH is 2. The Kier molecular flexibility index (Phi) is 4.55. The molecule has 100 valence electrons. The maximum absolute atomic E-state index is 9.99. The minimum atomic E-state index is -0.656. The fourth-order valence-electron chi connectivity index (χ4n) is 1.81. The SMILES string of the molecule is C[C@H](O)c1cccc(OCC(O)c2ccccc2)c1. The van der Waals surface area contributed by atoms with E-state index in [9.17, 15) is 10.2 Å². The van der Waals surface area contributed by atoms with Crippen LogP contribution in [0, 0.1) is 0 Å². The fraction of sp³-hybridized carbons (Fsp3) is 0.250. The third kappa shape index (κ3) is 3.81. The van der Waals surface area contributed by atoms with Crippen LogP contribution >= 0.6 is 0 Å². The van der Waals surface area contributed by atoms with Crippen LogP contribution < -0.4 is 4.74 Å². The average molecular weight is 258 g/mol. The van der Waals surface area contributed by atoms with Crippen molar-refractivity contribution in [2.45, 2.75) is 19.1 Å². The number of hydrogen-bond acceptors (Lipinski definition) is 3. The predicted octanol–water partition coefficient (Wildman–Crippen LogP) is 2.85. The maximum atomic E-state index is 9.99. The van der Waals surface area contributed by atoms with Gasteiger partial charge in [0.1, 0.15) is 18.5 Å². The number of rotatable bonds is 5. The first-order valence-corrected chi connectivity index (χ1v) is 6.30. The highest BCUT2D eigenvalue weighted by Crippen LogP contribution is 2.20. The number of benzene rings is 2. The lowest BCUT2D eigenvalue weighted by Gasteiger charge is -2.13. The van der Waals surface area contributed by atoms with Crippen molar-refractivity contribution in [1.29, 1.82) is 0 Å². The van der Waals surface area contributed by atoms with Crippen molar-refractivity contribution in [3.8, 4) is 5.75 Å². The predicted molar refractivity (Wildman–Crippen MR) is 74.0 cm³/mol. The molecule has 0 radical (unpaired) electrons. The zero-order chi connectivity index (χ0) is 13.7. The van der Waals surface area contributed by atoms with Crippen LogP contribution in [0.25, 0.3) is 0 Å². The third-order valence-electron chi connectivity index (χ3n) is 2.93. The highest BCUT2D eigenvalue weighted by Gasteiger charge is 2.08. The maximum Gasteiger partial charge on any atom is 0.119 e. The first-order chi connectivity index (χ1) is 9.16. The van der Waals surface area contributed by atoms with Gasteiger partial charge in [-0.1, -0.05) is 42.5 Å². The topological polar surface area (TPSA) is 49.7 Å². The second kappa shape index (κ2) is 6.36. The van der Waals surface area contributed by atoms with Crippen molar-refractivity contribution < 1.29 is 14.9 Å². The van der Waals surface area contributed by atoms with Crippen molar-refractivity contribution in [2.24, 2.45) is 0 Å². The van der Waals surface area contributed by atoms with Crippen LogP contribution in [0.4, 0.5) is 0 Å². The van der Waals surface area contributed by atoms with Gasteiger partial charge in [0.15, 0.2) is 0 Å². The van der Waals surface area contributed by atoms with Gasteiger partial charge >= 0.3 is 0 Å². The molecule has 0 amide bonds. The monoisotopic (exact) mass is 258 g/mol. The average Bonchev–Trinajstić information content (AvgIpc) is 2.46.